The van der Waals surface area contributed by atoms with E-state index in [1.54, 1.807) is 0 Å². The monoisotopic (exact) mass is 232 g/mol. The minimum absolute atomic E-state index is 0.123. The van der Waals surface area contributed by atoms with Crippen molar-refractivity contribution < 1.29 is 9.90 Å². The average Bonchev–Trinajstić information content (AvgIpc) is 2.79. The number of nitriles is 1. The molecule has 0 bridgehead atoms. The van der Waals surface area contributed by atoms with E-state index in [1.807, 2.05) is 6.07 Å². The maximum atomic E-state index is 10.8. The molecule has 88 valence electrons. The summed E-state index contributed by atoms with van der Waals surface area (Å²) in [5.74, 6) is -0.418. The number of nitrogens with one attached hydrogen (secondary N) is 1. The molecule has 1 aliphatic rings. The number of aromatic nitrogens is 2. The first-order chi connectivity index (χ1) is 8.19. The highest BCUT2D eigenvalue weighted by Gasteiger charge is 2.29. The third kappa shape index (κ3) is 2.69. The largest absolute Gasteiger partial charge is 0.481 e. The first kappa shape index (κ1) is 11.3. The number of anilines is 1. The molecule has 0 aromatic carbocycles. The fourth-order valence-corrected chi connectivity index (χ4v) is 2.01. The van der Waals surface area contributed by atoms with Gasteiger partial charge in [0.2, 0.25) is 0 Å². The topological polar surface area (TPSA) is 98.9 Å². The first-order valence-corrected chi connectivity index (χ1v) is 5.40. The van der Waals surface area contributed by atoms with Gasteiger partial charge in [-0.15, -0.1) is 0 Å². The van der Waals surface area contributed by atoms with Crippen LogP contribution in [0.3, 0.4) is 0 Å². The molecule has 2 rings (SSSR count). The van der Waals surface area contributed by atoms with E-state index in [9.17, 15) is 4.79 Å². The maximum absolute atomic E-state index is 10.8. The van der Waals surface area contributed by atoms with Crippen LogP contribution in [0, 0.1) is 17.2 Å². The third-order valence-corrected chi connectivity index (χ3v) is 2.90. The molecule has 0 saturated heterocycles. The van der Waals surface area contributed by atoms with E-state index in [0.717, 1.165) is 6.42 Å². The van der Waals surface area contributed by atoms with Crippen LogP contribution in [0.4, 0.5) is 5.82 Å². The molecule has 0 spiro atoms. The van der Waals surface area contributed by atoms with Crippen molar-refractivity contribution >= 4 is 11.8 Å². The molecule has 6 heteroatoms. The lowest BCUT2D eigenvalue weighted by atomic mass is 10.1. The van der Waals surface area contributed by atoms with E-state index in [1.165, 1.54) is 12.4 Å². The number of rotatable bonds is 3. The van der Waals surface area contributed by atoms with Gasteiger partial charge in [0.25, 0.3) is 0 Å². The quantitative estimate of drug-likeness (QED) is 0.807. The molecule has 2 unspecified atom stereocenters. The van der Waals surface area contributed by atoms with Crippen molar-refractivity contribution in [3.05, 3.63) is 18.1 Å². The van der Waals surface area contributed by atoms with Crippen molar-refractivity contribution in [1.82, 2.24) is 9.97 Å². The molecule has 1 aliphatic carbocycles. The number of carboxylic acid groups (broad SMARTS) is 1. The Morgan fingerprint density at radius 2 is 2.29 bits per heavy atom. The van der Waals surface area contributed by atoms with Crippen LogP contribution in [-0.2, 0) is 4.79 Å². The fourth-order valence-electron chi connectivity index (χ4n) is 2.01. The molecule has 0 radical (unpaired) electrons. The van der Waals surface area contributed by atoms with Gasteiger partial charge < -0.3 is 10.4 Å². The smallest absolute Gasteiger partial charge is 0.306 e. The van der Waals surface area contributed by atoms with Crippen molar-refractivity contribution in [2.24, 2.45) is 5.92 Å². The number of nitrogens with zero attached hydrogens (tertiary/aromatic N) is 3. The molecule has 2 atom stereocenters. The standard InChI is InChI=1S/C11H12N4O2/c12-4-9-5-14-10(6-13-9)15-8-2-1-7(3-8)11(16)17/h5-8H,1-3H2,(H,14,15)(H,16,17). The number of hydrogen-bond acceptors (Lipinski definition) is 5. The van der Waals surface area contributed by atoms with Crippen LogP contribution in [0.15, 0.2) is 12.4 Å². The molecule has 0 aliphatic heterocycles. The Hall–Kier alpha value is -2.16. The van der Waals surface area contributed by atoms with Gasteiger partial charge in [0.1, 0.15) is 11.9 Å². The molecule has 0 amide bonds. The lowest BCUT2D eigenvalue weighted by Crippen LogP contribution is -2.18. The number of aliphatic carboxylic acids is 1. The van der Waals surface area contributed by atoms with Crippen molar-refractivity contribution in [2.45, 2.75) is 25.3 Å². The summed E-state index contributed by atoms with van der Waals surface area (Å²) in [5.41, 5.74) is 0.269. The maximum Gasteiger partial charge on any atom is 0.306 e. The molecule has 17 heavy (non-hydrogen) atoms. The van der Waals surface area contributed by atoms with Crippen LogP contribution in [0.2, 0.25) is 0 Å². The Balaban J connectivity index is 1.94. The van der Waals surface area contributed by atoms with Crippen molar-refractivity contribution in [3.63, 3.8) is 0 Å². The summed E-state index contributed by atoms with van der Waals surface area (Å²) in [4.78, 5) is 18.7. The Kier molecular flexibility index (Phi) is 3.19. The Morgan fingerprint density at radius 1 is 1.47 bits per heavy atom. The molecule has 1 heterocycles. The predicted octanol–water partition coefficient (Wildman–Crippen LogP) is 1.01. The summed E-state index contributed by atoms with van der Waals surface area (Å²) < 4.78 is 0. The highest BCUT2D eigenvalue weighted by molar-refractivity contribution is 5.70. The van der Waals surface area contributed by atoms with Gasteiger partial charge in [-0.1, -0.05) is 0 Å². The average molecular weight is 232 g/mol. The first-order valence-electron chi connectivity index (χ1n) is 5.40. The second-order valence-electron chi connectivity index (χ2n) is 4.09. The van der Waals surface area contributed by atoms with E-state index in [4.69, 9.17) is 10.4 Å². The highest BCUT2D eigenvalue weighted by Crippen LogP contribution is 2.27. The van der Waals surface area contributed by atoms with Gasteiger partial charge in [0.05, 0.1) is 18.3 Å². The van der Waals surface area contributed by atoms with Crippen LogP contribution in [0.25, 0.3) is 0 Å². The molecule has 6 nitrogen and oxygen atoms in total. The van der Waals surface area contributed by atoms with Crippen LogP contribution in [0.1, 0.15) is 25.0 Å². The normalized spacial score (nSPS) is 23.0. The van der Waals surface area contributed by atoms with Crippen LogP contribution in [0.5, 0.6) is 0 Å². The second-order valence-corrected chi connectivity index (χ2v) is 4.09. The highest BCUT2D eigenvalue weighted by atomic mass is 16.4. The van der Waals surface area contributed by atoms with E-state index in [-0.39, 0.29) is 17.7 Å². The molecule has 2 N–H and O–H groups in total. The summed E-state index contributed by atoms with van der Waals surface area (Å²) in [6.07, 6.45) is 5.00. The summed E-state index contributed by atoms with van der Waals surface area (Å²) in [5, 5.41) is 20.6. The van der Waals surface area contributed by atoms with E-state index >= 15 is 0 Å². The van der Waals surface area contributed by atoms with E-state index in [2.05, 4.69) is 15.3 Å². The van der Waals surface area contributed by atoms with Crippen LogP contribution >= 0.6 is 0 Å². The second kappa shape index (κ2) is 4.78. The van der Waals surface area contributed by atoms with Crippen molar-refractivity contribution in [3.8, 4) is 6.07 Å². The Morgan fingerprint density at radius 3 is 2.82 bits per heavy atom. The van der Waals surface area contributed by atoms with Gasteiger partial charge in [-0.25, -0.2) is 9.97 Å². The molecule has 1 fully saturated rings. The van der Waals surface area contributed by atoms with Gasteiger partial charge in [-0.2, -0.15) is 5.26 Å². The van der Waals surface area contributed by atoms with Gasteiger partial charge in [0.15, 0.2) is 5.69 Å². The minimum Gasteiger partial charge on any atom is -0.481 e. The number of hydrogen-bond donors (Lipinski definition) is 2. The van der Waals surface area contributed by atoms with Gasteiger partial charge in [-0.3, -0.25) is 4.79 Å². The summed E-state index contributed by atoms with van der Waals surface area (Å²) in [6.45, 7) is 0. The van der Waals surface area contributed by atoms with Gasteiger partial charge >= 0.3 is 5.97 Å². The lowest BCUT2D eigenvalue weighted by Gasteiger charge is -2.12. The molecular formula is C11H12N4O2. The van der Waals surface area contributed by atoms with Crippen LogP contribution in [-0.4, -0.2) is 27.1 Å². The van der Waals surface area contributed by atoms with Gasteiger partial charge in [-0.05, 0) is 19.3 Å². The molecule has 1 saturated carbocycles. The fraction of sp³-hybridized carbons (Fsp3) is 0.455. The van der Waals surface area contributed by atoms with Gasteiger partial charge in [0, 0.05) is 6.04 Å². The summed E-state index contributed by atoms with van der Waals surface area (Å²) >= 11 is 0. The number of carbonyl (C=O) groups is 1. The number of carboxylic acids is 1. The summed E-state index contributed by atoms with van der Waals surface area (Å²) in [7, 11) is 0. The molecule has 1 aromatic rings. The van der Waals surface area contributed by atoms with Crippen LogP contribution < -0.4 is 5.32 Å². The zero-order chi connectivity index (χ0) is 12.3. The zero-order valence-electron chi connectivity index (χ0n) is 9.13. The summed E-state index contributed by atoms with van der Waals surface area (Å²) in [6, 6.07) is 2.01. The van der Waals surface area contributed by atoms with Crippen molar-refractivity contribution in [2.75, 3.05) is 5.32 Å². The zero-order valence-corrected chi connectivity index (χ0v) is 9.13. The van der Waals surface area contributed by atoms with E-state index < -0.39 is 5.97 Å². The third-order valence-electron chi connectivity index (χ3n) is 2.90. The minimum atomic E-state index is -0.736. The predicted molar refractivity (Wildman–Crippen MR) is 59.1 cm³/mol. The Labute approximate surface area is 98.3 Å². The Bertz CT molecular complexity index is 452. The molecular weight excluding hydrogens is 220 g/mol. The SMILES string of the molecule is N#Cc1cnc(NC2CCC(C(=O)O)C2)cn1. The van der Waals surface area contributed by atoms with E-state index in [0.29, 0.717) is 18.7 Å². The van der Waals surface area contributed by atoms with Crippen molar-refractivity contribution in [1.29, 1.82) is 5.26 Å². The lowest BCUT2D eigenvalue weighted by molar-refractivity contribution is -0.141. The molecule has 1 aromatic heterocycles.